The highest BCUT2D eigenvalue weighted by Crippen LogP contribution is 2.26. The minimum Gasteiger partial charge on any atom is -0.462 e. The third-order valence-electron chi connectivity index (χ3n) is 5.65. The molecule has 0 amide bonds. The predicted molar refractivity (Wildman–Crippen MR) is 126 cm³/mol. The lowest BCUT2D eigenvalue weighted by atomic mass is 9.96. The second kappa shape index (κ2) is 10.4. The Bertz CT molecular complexity index is 1210. The Kier molecular flexibility index (Phi) is 7.63. The predicted octanol–water partition coefficient (Wildman–Crippen LogP) is 4.91. The summed E-state index contributed by atoms with van der Waals surface area (Å²) in [5, 5.41) is 0.711. The van der Waals surface area contributed by atoms with E-state index in [1.54, 1.807) is 20.8 Å². The quantitative estimate of drug-likeness (QED) is 0.367. The van der Waals surface area contributed by atoms with Crippen LogP contribution in [0.2, 0.25) is 0 Å². The van der Waals surface area contributed by atoms with E-state index in [0.29, 0.717) is 34.2 Å². The summed E-state index contributed by atoms with van der Waals surface area (Å²) in [5.74, 6) is -1.45. The number of H-pyrrole nitrogens is 1. The van der Waals surface area contributed by atoms with Gasteiger partial charge >= 0.3 is 11.9 Å². The van der Waals surface area contributed by atoms with Crippen LogP contribution in [0.25, 0.3) is 10.9 Å². The summed E-state index contributed by atoms with van der Waals surface area (Å²) >= 11 is 0. The molecular weight excluding hydrogens is 420 g/mol. The van der Waals surface area contributed by atoms with Gasteiger partial charge in [-0.2, -0.15) is 0 Å². The van der Waals surface area contributed by atoms with Crippen molar-refractivity contribution in [3.63, 3.8) is 0 Å². The lowest BCUT2D eigenvalue weighted by molar-refractivity contribution is 0.0473. The number of rotatable bonds is 9. The lowest BCUT2D eigenvalue weighted by Gasteiger charge is -2.15. The number of nitrogens with zero attached hydrogens (tertiary/aromatic N) is 1. The Morgan fingerprint density at radius 3 is 2.33 bits per heavy atom. The zero-order valence-electron chi connectivity index (χ0n) is 19.8. The molecule has 0 radical (unpaired) electrons. The Balaban J connectivity index is 1.89. The number of para-hydroxylation sites is 1. The van der Waals surface area contributed by atoms with Crippen molar-refractivity contribution in [1.29, 1.82) is 0 Å². The fourth-order valence-electron chi connectivity index (χ4n) is 4.17. The molecule has 3 rings (SSSR count). The molecule has 2 aromatic heterocycles. The highest BCUT2D eigenvalue weighted by Gasteiger charge is 2.25. The number of aryl methyl sites for hydroxylation is 2. The highest BCUT2D eigenvalue weighted by molar-refractivity contribution is 6.07. The van der Waals surface area contributed by atoms with Gasteiger partial charge in [-0.3, -0.25) is 9.78 Å². The third-order valence-corrected chi connectivity index (χ3v) is 5.65. The van der Waals surface area contributed by atoms with E-state index < -0.39 is 24.3 Å². The van der Waals surface area contributed by atoms with E-state index in [4.69, 9.17) is 14.5 Å². The standard InChI is InChI=1S/C26H30N2O5/c1-6-11-19-17(7-2)23(18-12-9-10-13-20(18)28-19)26(31)33-14-21(29)24-15(4)22(16(5)27-24)25(30)32-8-3/h9-10,12-13,27H,6-8,11,14H2,1-5H3. The Hall–Kier alpha value is -3.48. The fourth-order valence-corrected chi connectivity index (χ4v) is 4.17. The van der Waals surface area contributed by atoms with Gasteiger partial charge in [-0.15, -0.1) is 0 Å². The SMILES string of the molecule is CCCc1nc2ccccc2c(C(=O)OCC(=O)c2[nH]c(C)c(C(=O)OCC)c2C)c1CC. The smallest absolute Gasteiger partial charge is 0.340 e. The van der Waals surface area contributed by atoms with Crippen LogP contribution in [0.5, 0.6) is 0 Å². The number of carbonyl (C=O) groups excluding carboxylic acids is 3. The molecule has 0 aliphatic rings. The van der Waals surface area contributed by atoms with Gasteiger partial charge in [0.25, 0.3) is 0 Å². The Morgan fingerprint density at radius 1 is 0.970 bits per heavy atom. The van der Waals surface area contributed by atoms with E-state index >= 15 is 0 Å². The molecule has 1 N–H and O–H groups in total. The summed E-state index contributed by atoms with van der Waals surface area (Å²) in [6, 6.07) is 7.46. The van der Waals surface area contributed by atoms with Crippen molar-refractivity contribution >= 4 is 28.6 Å². The minimum absolute atomic E-state index is 0.240. The molecule has 0 fully saturated rings. The first-order valence-corrected chi connectivity index (χ1v) is 11.3. The van der Waals surface area contributed by atoms with Crippen LogP contribution in [-0.2, 0) is 22.3 Å². The Morgan fingerprint density at radius 2 is 1.67 bits per heavy atom. The van der Waals surface area contributed by atoms with Crippen molar-refractivity contribution in [3.8, 4) is 0 Å². The molecule has 0 aliphatic heterocycles. The molecule has 7 nitrogen and oxygen atoms in total. The molecule has 0 aliphatic carbocycles. The first-order valence-electron chi connectivity index (χ1n) is 11.3. The van der Waals surface area contributed by atoms with E-state index in [9.17, 15) is 14.4 Å². The van der Waals surface area contributed by atoms with Gasteiger partial charge in [0.1, 0.15) is 0 Å². The average molecular weight is 451 g/mol. The number of ketones is 1. The molecule has 174 valence electrons. The lowest BCUT2D eigenvalue weighted by Crippen LogP contribution is -2.18. The molecule has 0 atom stereocenters. The molecule has 0 saturated carbocycles. The number of hydrogen-bond acceptors (Lipinski definition) is 6. The number of carbonyl (C=O) groups is 3. The van der Waals surface area contributed by atoms with Crippen molar-refractivity contribution in [2.45, 2.75) is 53.9 Å². The summed E-state index contributed by atoms with van der Waals surface area (Å²) in [6.07, 6.45) is 2.29. The summed E-state index contributed by atoms with van der Waals surface area (Å²) in [5.41, 5.74) is 4.53. The third kappa shape index (κ3) is 4.82. The monoisotopic (exact) mass is 450 g/mol. The number of fused-ring (bicyclic) bond motifs is 1. The van der Waals surface area contributed by atoms with Gasteiger partial charge in [0.15, 0.2) is 6.61 Å². The summed E-state index contributed by atoms with van der Waals surface area (Å²) in [4.78, 5) is 46.0. The van der Waals surface area contributed by atoms with E-state index in [1.165, 1.54) is 0 Å². The maximum atomic E-state index is 13.2. The summed E-state index contributed by atoms with van der Waals surface area (Å²) in [7, 11) is 0. The number of ether oxygens (including phenoxy) is 2. The zero-order chi connectivity index (χ0) is 24.1. The van der Waals surface area contributed by atoms with E-state index in [0.717, 1.165) is 29.6 Å². The molecule has 0 spiro atoms. The Labute approximate surface area is 193 Å². The fraction of sp³-hybridized carbons (Fsp3) is 0.385. The van der Waals surface area contributed by atoms with Crippen molar-refractivity contribution in [2.24, 2.45) is 0 Å². The number of nitrogens with one attached hydrogen (secondary N) is 1. The number of Topliss-reactive ketones (excluding diaryl/α,β-unsaturated/α-hetero) is 1. The van der Waals surface area contributed by atoms with E-state index in [1.807, 2.05) is 31.2 Å². The van der Waals surface area contributed by atoms with Crippen LogP contribution >= 0.6 is 0 Å². The van der Waals surface area contributed by atoms with Gasteiger partial charge < -0.3 is 14.5 Å². The van der Waals surface area contributed by atoms with E-state index in [-0.39, 0.29) is 12.3 Å². The van der Waals surface area contributed by atoms with Gasteiger partial charge in [-0.1, -0.05) is 38.5 Å². The first-order chi connectivity index (χ1) is 15.8. The molecule has 7 heteroatoms. The molecule has 0 unspecified atom stereocenters. The number of pyridine rings is 1. The molecule has 1 aromatic carbocycles. The highest BCUT2D eigenvalue weighted by atomic mass is 16.5. The molecule has 3 aromatic rings. The van der Waals surface area contributed by atoms with Gasteiger partial charge in [-0.25, -0.2) is 9.59 Å². The van der Waals surface area contributed by atoms with Crippen LogP contribution in [-0.4, -0.2) is 40.9 Å². The summed E-state index contributed by atoms with van der Waals surface area (Å²) < 4.78 is 10.6. The van der Waals surface area contributed by atoms with E-state index in [2.05, 4.69) is 11.9 Å². The molecule has 0 saturated heterocycles. The van der Waals surface area contributed by atoms with Crippen molar-refractivity contribution in [3.05, 3.63) is 63.6 Å². The van der Waals surface area contributed by atoms with Gasteiger partial charge in [0.2, 0.25) is 5.78 Å². The molecule has 0 bridgehead atoms. The zero-order valence-corrected chi connectivity index (χ0v) is 19.8. The van der Waals surface area contributed by atoms with Crippen LogP contribution < -0.4 is 0 Å². The number of esters is 2. The van der Waals surface area contributed by atoms with Crippen molar-refractivity contribution in [1.82, 2.24) is 9.97 Å². The van der Waals surface area contributed by atoms with Gasteiger partial charge in [0.05, 0.1) is 28.9 Å². The van der Waals surface area contributed by atoms with Crippen LogP contribution in [0.3, 0.4) is 0 Å². The first kappa shape index (κ1) is 24.2. The molecule has 2 heterocycles. The molecule has 33 heavy (non-hydrogen) atoms. The largest absolute Gasteiger partial charge is 0.462 e. The normalized spacial score (nSPS) is 10.9. The maximum absolute atomic E-state index is 13.2. The average Bonchev–Trinajstić information content (AvgIpc) is 3.10. The van der Waals surface area contributed by atoms with Gasteiger partial charge in [-0.05, 0) is 50.8 Å². The molecular formula is C26H30N2O5. The second-order valence-electron chi connectivity index (χ2n) is 7.88. The van der Waals surface area contributed by atoms with Crippen LogP contribution in [0, 0.1) is 13.8 Å². The van der Waals surface area contributed by atoms with Gasteiger partial charge in [0, 0.05) is 16.8 Å². The van der Waals surface area contributed by atoms with Crippen molar-refractivity contribution < 1.29 is 23.9 Å². The summed E-state index contributed by atoms with van der Waals surface area (Å²) in [6.45, 7) is 8.95. The maximum Gasteiger partial charge on any atom is 0.340 e. The van der Waals surface area contributed by atoms with Crippen LogP contribution in [0.1, 0.15) is 80.9 Å². The topological polar surface area (TPSA) is 98.4 Å². The second-order valence-corrected chi connectivity index (χ2v) is 7.88. The number of benzene rings is 1. The van der Waals surface area contributed by atoms with Crippen LogP contribution in [0.4, 0.5) is 0 Å². The number of aromatic amines is 1. The number of hydrogen-bond donors (Lipinski definition) is 1. The number of aromatic nitrogens is 2. The minimum atomic E-state index is -0.553. The van der Waals surface area contributed by atoms with Crippen molar-refractivity contribution in [2.75, 3.05) is 13.2 Å². The van der Waals surface area contributed by atoms with Crippen LogP contribution in [0.15, 0.2) is 24.3 Å².